The lowest BCUT2D eigenvalue weighted by atomic mass is 9.87. The number of anilines is 1. The molecule has 0 heterocycles. The second-order valence-corrected chi connectivity index (χ2v) is 7.03. The maximum atomic E-state index is 11.9. The second kappa shape index (κ2) is 8.91. The molecule has 1 aromatic rings. The van der Waals surface area contributed by atoms with E-state index in [-0.39, 0.29) is 11.3 Å². The first-order chi connectivity index (χ1) is 10.3. The highest BCUT2D eigenvalue weighted by Gasteiger charge is 2.13. The van der Waals surface area contributed by atoms with Crippen molar-refractivity contribution in [2.24, 2.45) is 0 Å². The molecule has 124 valence electrons. The molecule has 4 nitrogen and oxygen atoms in total. The van der Waals surface area contributed by atoms with Gasteiger partial charge in [0.05, 0.1) is 0 Å². The van der Waals surface area contributed by atoms with E-state index in [0.717, 1.165) is 31.7 Å². The third kappa shape index (κ3) is 7.57. The summed E-state index contributed by atoms with van der Waals surface area (Å²) in [7, 11) is 4.14. The number of benzene rings is 1. The summed E-state index contributed by atoms with van der Waals surface area (Å²) in [5.74, 6) is 0.0589. The molecule has 0 saturated carbocycles. The normalized spacial score (nSPS) is 11.7. The summed E-state index contributed by atoms with van der Waals surface area (Å²) >= 11 is 0. The molecule has 1 aromatic carbocycles. The highest BCUT2D eigenvalue weighted by molar-refractivity contribution is 5.90. The number of carbonyl (C=O) groups excluding carboxylic acids is 1. The molecule has 1 rings (SSSR count). The van der Waals surface area contributed by atoms with E-state index in [1.54, 1.807) is 0 Å². The smallest absolute Gasteiger partial charge is 0.225 e. The summed E-state index contributed by atoms with van der Waals surface area (Å²) < 4.78 is 0. The van der Waals surface area contributed by atoms with Crippen molar-refractivity contribution in [2.45, 2.75) is 39.0 Å². The van der Waals surface area contributed by atoms with Gasteiger partial charge >= 0.3 is 0 Å². The molecule has 0 aliphatic carbocycles. The van der Waals surface area contributed by atoms with E-state index in [0.29, 0.717) is 6.42 Å². The van der Waals surface area contributed by atoms with Gasteiger partial charge in [-0.05, 0) is 56.7 Å². The van der Waals surface area contributed by atoms with Gasteiger partial charge in [-0.25, -0.2) is 0 Å². The average molecular weight is 305 g/mol. The summed E-state index contributed by atoms with van der Waals surface area (Å²) in [6.07, 6.45) is 1.60. The molecule has 0 bridgehead atoms. The van der Waals surface area contributed by atoms with Gasteiger partial charge in [0.2, 0.25) is 5.91 Å². The van der Waals surface area contributed by atoms with Crippen LogP contribution in [0.5, 0.6) is 0 Å². The van der Waals surface area contributed by atoms with E-state index >= 15 is 0 Å². The SMILES string of the molecule is CN(C)CCCNCCC(=O)Nc1ccc(C(C)(C)C)cc1. The van der Waals surface area contributed by atoms with Crippen LogP contribution >= 0.6 is 0 Å². The molecule has 0 radical (unpaired) electrons. The van der Waals surface area contributed by atoms with Gasteiger partial charge in [-0.1, -0.05) is 32.9 Å². The molecule has 0 aromatic heterocycles. The molecule has 2 N–H and O–H groups in total. The monoisotopic (exact) mass is 305 g/mol. The zero-order chi connectivity index (χ0) is 16.6. The molecule has 0 aliphatic rings. The topological polar surface area (TPSA) is 44.4 Å². The van der Waals surface area contributed by atoms with Crippen LogP contribution in [-0.4, -0.2) is 44.5 Å². The first kappa shape index (κ1) is 18.7. The van der Waals surface area contributed by atoms with Crippen molar-refractivity contribution >= 4 is 11.6 Å². The van der Waals surface area contributed by atoms with Gasteiger partial charge in [0.1, 0.15) is 0 Å². The van der Waals surface area contributed by atoms with Crippen LogP contribution < -0.4 is 10.6 Å². The maximum absolute atomic E-state index is 11.9. The van der Waals surface area contributed by atoms with E-state index in [9.17, 15) is 4.79 Å². The van der Waals surface area contributed by atoms with Crippen LogP contribution in [0.1, 0.15) is 39.2 Å². The Balaban J connectivity index is 2.25. The van der Waals surface area contributed by atoms with Crippen LogP contribution in [-0.2, 0) is 10.2 Å². The highest BCUT2D eigenvalue weighted by atomic mass is 16.1. The van der Waals surface area contributed by atoms with Crippen molar-refractivity contribution in [2.75, 3.05) is 39.0 Å². The van der Waals surface area contributed by atoms with E-state index in [1.165, 1.54) is 5.56 Å². The maximum Gasteiger partial charge on any atom is 0.225 e. The minimum atomic E-state index is 0.0589. The van der Waals surface area contributed by atoms with Gasteiger partial charge in [-0.3, -0.25) is 4.79 Å². The van der Waals surface area contributed by atoms with E-state index in [2.05, 4.69) is 62.5 Å². The summed E-state index contributed by atoms with van der Waals surface area (Å²) in [5, 5.41) is 6.24. The Labute approximate surface area is 135 Å². The van der Waals surface area contributed by atoms with Crippen molar-refractivity contribution < 1.29 is 4.79 Å². The predicted molar refractivity (Wildman–Crippen MR) is 94.4 cm³/mol. The fourth-order valence-electron chi connectivity index (χ4n) is 2.12. The van der Waals surface area contributed by atoms with Crippen molar-refractivity contribution in [1.82, 2.24) is 10.2 Å². The second-order valence-electron chi connectivity index (χ2n) is 7.03. The summed E-state index contributed by atoms with van der Waals surface area (Å²) in [6.45, 7) is 9.29. The highest BCUT2D eigenvalue weighted by Crippen LogP contribution is 2.23. The Kier molecular flexibility index (Phi) is 7.56. The van der Waals surface area contributed by atoms with E-state index < -0.39 is 0 Å². The fraction of sp³-hybridized carbons (Fsp3) is 0.611. The van der Waals surface area contributed by atoms with Crippen molar-refractivity contribution in [1.29, 1.82) is 0 Å². The lowest BCUT2D eigenvalue weighted by Crippen LogP contribution is -2.25. The molecule has 1 amide bonds. The zero-order valence-electron chi connectivity index (χ0n) is 14.7. The zero-order valence-corrected chi connectivity index (χ0v) is 14.7. The quantitative estimate of drug-likeness (QED) is 0.726. The molecule has 0 saturated heterocycles. The van der Waals surface area contributed by atoms with Crippen LogP contribution in [0.15, 0.2) is 24.3 Å². The standard InChI is InChI=1S/C18H31N3O/c1-18(2,3)15-7-9-16(10-8-15)20-17(22)11-13-19-12-6-14-21(4)5/h7-10,19H,6,11-14H2,1-5H3,(H,20,22). The van der Waals surface area contributed by atoms with Crippen molar-refractivity contribution in [3.05, 3.63) is 29.8 Å². The van der Waals surface area contributed by atoms with Crippen LogP contribution in [0.2, 0.25) is 0 Å². The van der Waals surface area contributed by atoms with Gasteiger partial charge in [0.25, 0.3) is 0 Å². The summed E-state index contributed by atoms with van der Waals surface area (Å²) in [4.78, 5) is 14.0. The predicted octanol–water partition coefficient (Wildman–Crippen LogP) is 2.85. The van der Waals surface area contributed by atoms with Gasteiger partial charge in [0.15, 0.2) is 0 Å². The Bertz CT molecular complexity index is 446. The molecule has 0 atom stereocenters. The van der Waals surface area contributed by atoms with E-state index in [1.807, 2.05) is 12.1 Å². The Morgan fingerprint density at radius 1 is 1.09 bits per heavy atom. The molecule has 22 heavy (non-hydrogen) atoms. The van der Waals surface area contributed by atoms with Gasteiger partial charge < -0.3 is 15.5 Å². The minimum Gasteiger partial charge on any atom is -0.326 e. The third-order valence-corrected chi connectivity index (χ3v) is 3.52. The van der Waals surface area contributed by atoms with Gasteiger partial charge in [-0.2, -0.15) is 0 Å². The van der Waals surface area contributed by atoms with E-state index in [4.69, 9.17) is 0 Å². The molecule has 4 heteroatoms. The Hall–Kier alpha value is -1.39. The minimum absolute atomic E-state index is 0.0589. The number of hydrogen-bond donors (Lipinski definition) is 2. The van der Waals surface area contributed by atoms with Gasteiger partial charge in [0, 0.05) is 18.7 Å². The van der Waals surface area contributed by atoms with Crippen LogP contribution in [0.25, 0.3) is 0 Å². The lowest BCUT2D eigenvalue weighted by Gasteiger charge is -2.19. The first-order valence-electron chi connectivity index (χ1n) is 8.05. The summed E-state index contributed by atoms with van der Waals surface area (Å²) in [5.41, 5.74) is 2.28. The number of hydrogen-bond acceptors (Lipinski definition) is 3. The number of nitrogens with zero attached hydrogens (tertiary/aromatic N) is 1. The number of nitrogens with one attached hydrogen (secondary N) is 2. The molecule has 0 unspecified atom stereocenters. The summed E-state index contributed by atoms with van der Waals surface area (Å²) in [6, 6.07) is 8.11. The van der Waals surface area contributed by atoms with Crippen molar-refractivity contribution in [3.63, 3.8) is 0 Å². The molecular formula is C18H31N3O. The Morgan fingerprint density at radius 2 is 1.73 bits per heavy atom. The number of carbonyl (C=O) groups is 1. The Morgan fingerprint density at radius 3 is 2.27 bits per heavy atom. The van der Waals surface area contributed by atoms with Crippen LogP contribution in [0.4, 0.5) is 5.69 Å². The number of rotatable bonds is 8. The lowest BCUT2D eigenvalue weighted by molar-refractivity contribution is -0.116. The van der Waals surface area contributed by atoms with Crippen molar-refractivity contribution in [3.8, 4) is 0 Å². The van der Waals surface area contributed by atoms with Crippen LogP contribution in [0.3, 0.4) is 0 Å². The first-order valence-corrected chi connectivity index (χ1v) is 8.05. The fourth-order valence-corrected chi connectivity index (χ4v) is 2.12. The average Bonchev–Trinajstić information content (AvgIpc) is 2.42. The molecule has 0 aliphatic heterocycles. The molecular weight excluding hydrogens is 274 g/mol. The van der Waals surface area contributed by atoms with Gasteiger partial charge in [-0.15, -0.1) is 0 Å². The molecule has 0 spiro atoms. The van der Waals surface area contributed by atoms with Crippen LogP contribution in [0, 0.1) is 0 Å². The molecule has 0 fully saturated rings. The largest absolute Gasteiger partial charge is 0.326 e. The number of amides is 1. The third-order valence-electron chi connectivity index (χ3n) is 3.52.